The molecule has 1 aromatic heterocycles. The van der Waals surface area contributed by atoms with E-state index >= 15 is 0 Å². The number of carbonyl (C=O) groups is 1. The lowest BCUT2D eigenvalue weighted by Crippen LogP contribution is -2.23. The monoisotopic (exact) mass is 400 g/mol. The number of hydrogen-bond acceptors (Lipinski definition) is 6. The normalized spacial score (nSPS) is 11.6. The number of hydrogen-bond donors (Lipinski definition) is 1. The van der Waals surface area contributed by atoms with Crippen LogP contribution in [0.1, 0.15) is 21.8 Å². The number of rotatable bonds is 6. The minimum atomic E-state index is -3.52. The van der Waals surface area contributed by atoms with Crippen molar-refractivity contribution in [1.29, 1.82) is 0 Å². The van der Waals surface area contributed by atoms with Gasteiger partial charge in [0, 0.05) is 26.2 Å². The Hall–Kier alpha value is -3.04. The van der Waals surface area contributed by atoms with Gasteiger partial charge in [-0.2, -0.15) is 0 Å². The van der Waals surface area contributed by atoms with Crippen molar-refractivity contribution in [2.75, 3.05) is 14.1 Å². The van der Waals surface area contributed by atoms with Crippen LogP contribution in [0.3, 0.4) is 0 Å². The highest BCUT2D eigenvalue weighted by Gasteiger charge is 2.19. The predicted octanol–water partition coefficient (Wildman–Crippen LogP) is 2.23. The van der Waals surface area contributed by atoms with E-state index in [1.165, 1.54) is 26.2 Å². The molecule has 1 amide bonds. The van der Waals surface area contributed by atoms with E-state index in [0.29, 0.717) is 12.1 Å². The third kappa shape index (κ3) is 4.26. The second-order valence-electron chi connectivity index (χ2n) is 6.40. The number of nitrogens with one attached hydrogen (secondary N) is 1. The molecule has 0 radical (unpaired) electrons. The fourth-order valence-electron chi connectivity index (χ4n) is 2.49. The number of amides is 1. The third-order valence-electron chi connectivity index (χ3n) is 4.03. The highest BCUT2D eigenvalue weighted by atomic mass is 32.2. The molecule has 3 rings (SSSR count). The summed E-state index contributed by atoms with van der Waals surface area (Å²) < 4.78 is 30.8. The van der Waals surface area contributed by atoms with Crippen molar-refractivity contribution in [3.8, 4) is 11.5 Å². The SMILES string of the molecule is Cc1cccc(CNC(=O)c2nnc(-c3ccc(S(=O)(=O)N(C)C)cc3)o2)c1. The van der Waals surface area contributed by atoms with Gasteiger partial charge < -0.3 is 9.73 Å². The van der Waals surface area contributed by atoms with E-state index in [1.807, 2.05) is 31.2 Å². The van der Waals surface area contributed by atoms with Gasteiger partial charge in [0.25, 0.3) is 0 Å². The van der Waals surface area contributed by atoms with Gasteiger partial charge in [0.2, 0.25) is 15.9 Å². The first-order valence-corrected chi connectivity index (χ1v) is 9.91. The standard InChI is InChI=1S/C19H20N4O4S/c1-13-5-4-6-14(11-13)12-20-17(24)19-22-21-18(27-19)15-7-9-16(10-8-15)28(25,26)23(2)3/h4-11H,12H2,1-3H3,(H,20,24). The zero-order valence-corrected chi connectivity index (χ0v) is 16.5. The highest BCUT2D eigenvalue weighted by molar-refractivity contribution is 7.89. The quantitative estimate of drug-likeness (QED) is 0.680. The fraction of sp³-hybridized carbons (Fsp3) is 0.211. The largest absolute Gasteiger partial charge is 0.412 e. The summed E-state index contributed by atoms with van der Waals surface area (Å²) in [6, 6.07) is 13.8. The Morgan fingerprint density at radius 1 is 1.11 bits per heavy atom. The van der Waals surface area contributed by atoms with Crippen LogP contribution in [0.4, 0.5) is 0 Å². The van der Waals surface area contributed by atoms with Gasteiger partial charge in [-0.05, 0) is 36.8 Å². The second-order valence-corrected chi connectivity index (χ2v) is 8.55. The van der Waals surface area contributed by atoms with Gasteiger partial charge >= 0.3 is 11.8 Å². The van der Waals surface area contributed by atoms with Gasteiger partial charge in [-0.3, -0.25) is 4.79 Å². The maximum atomic E-state index is 12.2. The van der Waals surface area contributed by atoms with E-state index < -0.39 is 15.9 Å². The molecule has 0 saturated heterocycles. The lowest BCUT2D eigenvalue weighted by molar-refractivity contribution is 0.0917. The van der Waals surface area contributed by atoms with Crippen molar-refractivity contribution in [2.24, 2.45) is 0 Å². The van der Waals surface area contributed by atoms with Crippen molar-refractivity contribution in [2.45, 2.75) is 18.4 Å². The molecule has 0 unspecified atom stereocenters. The summed E-state index contributed by atoms with van der Waals surface area (Å²) in [6.07, 6.45) is 0. The van der Waals surface area contributed by atoms with Crippen molar-refractivity contribution in [3.05, 3.63) is 65.5 Å². The number of aryl methyl sites for hydroxylation is 1. The predicted molar refractivity (Wildman–Crippen MR) is 103 cm³/mol. The summed E-state index contributed by atoms with van der Waals surface area (Å²) in [6.45, 7) is 2.32. The first-order chi connectivity index (χ1) is 13.3. The average Bonchev–Trinajstić information content (AvgIpc) is 3.16. The van der Waals surface area contributed by atoms with Gasteiger partial charge in [0.05, 0.1) is 4.90 Å². The number of sulfonamides is 1. The van der Waals surface area contributed by atoms with Gasteiger partial charge in [-0.1, -0.05) is 29.8 Å². The summed E-state index contributed by atoms with van der Waals surface area (Å²) in [5.74, 6) is -0.505. The van der Waals surface area contributed by atoms with Crippen LogP contribution in [0.15, 0.2) is 57.8 Å². The molecule has 1 N–H and O–H groups in total. The summed E-state index contributed by atoms with van der Waals surface area (Å²) in [5.41, 5.74) is 2.58. The van der Waals surface area contributed by atoms with Crippen LogP contribution in [0, 0.1) is 6.92 Å². The Labute approximate surface area is 163 Å². The Kier molecular flexibility index (Phi) is 5.57. The van der Waals surface area contributed by atoms with Crippen LogP contribution in [0.25, 0.3) is 11.5 Å². The van der Waals surface area contributed by atoms with Gasteiger partial charge in [0.1, 0.15) is 0 Å². The Bertz CT molecular complexity index is 1090. The Morgan fingerprint density at radius 2 is 1.82 bits per heavy atom. The fourth-order valence-corrected chi connectivity index (χ4v) is 3.39. The van der Waals surface area contributed by atoms with Crippen LogP contribution in [-0.2, 0) is 16.6 Å². The molecular formula is C19H20N4O4S. The molecule has 0 spiro atoms. The molecule has 2 aromatic carbocycles. The van der Waals surface area contributed by atoms with E-state index in [9.17, 15) is 13.2 Å². The van der Waals surface area contributed by atoms with Gasteiger partial charge in [-0.25, -0.2) is 12.7 Å². The number of nitrogens with zero attached hydrogens (tertiary/aromatic N) is 3. The zero-order valence-electron chi connectivity index (χ0n) is 15.7. The molecule has 0 atom stereocenters. The Morgan fingerprint density at radius 3 is 2.46 bits per heavy atom. The van der Waals surface area contributed by atoms with Crippen molar-refractivity contribution in [1.82, 2.24) is 19.8 Å². The molecule has 3 aromatic rings. The molecule has 9 heteroatoms. The van der Waals surface area contributed by atoms with E-state index in [4.69, 9.17) is 4.42 Å². The lowest BCUT2D eigenvalue weighted by Gasteiger charge is -2.11. The molecule has 0 saturated carbocycles. The number of carbonyl (C=O) groups excluding carboxylic acids is 1. The van der Waals surface area contributed by atoms with Crippen molar-refractivity contribution < 1.29 is 17.6 Å². The van der Waals surface area contributed by atoms with E-state index in [0.717, 1.165) is 15.4 Å². The lowest BCUT2D eigenvalue weighted by atomic mass is 10.1. The van der Waals surface area contributed by atoms with Crippen molar-refractivity contribution in [3.63, 3.8) is 0 Å². The zero-order chi connectivity index (χ0) is 20.3. The molecular weight excluding hydrogens is 380 g/mol. The topological polar surface area (TPSA) is 105 Å². The molecule has 0 bridgehead atoms. The average molecular weight is 400 g/mol. The summed E-state index contributed by atoms with van der Waals surface area (Å²) >= 11 is 0. The Balaban J connectivity index is 1.70. The molecule has 0 fully saturated rings. The van der Waals surface area contributed by atoms with Gasteiger partial charge in [0.15, 0.2) is 0 Å². The van der Waals surface area contributed by atoms with E-state index in [1.54, 1.807) is 12.1 Å². The molecule has 0 aliphatic carbocycles. The molecule has 0 aliphatic heterocycles. The van der Waals surface area contributed by atoms with Gasteiger partial charge in [-0.15, -0.1) is 10.2 Å². The molecule has 146 valence electrons. The van der Waals surface area contributed by atoms with Crippen LogP contribution < -0.4 is 5.32 Å². The minimum absolute atomic E-state index is 0.134. The number of benzene rings is 2. The smallest absolute Gasteiger partial charge is 0.309 e. The first-order valence-electron chi connectivity index (χ1n) is 8.47. The van der Waals surface area contributed by atoms with Crippen LogP contribution in [0.2, 0.25) is 0 Å². The summed E-state index contributed by atoms with van der Waals surface area (Å²) in [7, 11) is -0.596. The summed E-state index contributed by atoms with van der Waals surface area (Å²) in [4.78, 5) is 12.4. The maximum absolute atomic E-state index is 12.2. The maximum Gasteiger partial charge on any atom is 0.309 e. The van der Waals surface area contributed by atoms with Crippen LogP contribution in [-0.4, -0.2) is 42.9 Å². The van der Waals surface area contributed by atoms with Crippen LogP contribution >= 0.6 is 0 Å². The van der Waals surface area contributed by atoms with Crippen molar-refractivity contribution >= 4 is 15.9 Å². The van der Waals surface area contributed by atoms with E-state index in [2.05, 4.69) is 15.5 Å². The van der Waals surface area contributed by atoms with Crippen LogP contribution in [0.5, 0.6) is 0 Å². The highest BCUT2D eigenvalue weighted by Crippen LogP contribution is 2.21. The molecule has 0 aliphatic rings. The minimum Gasteiger partial charge on any atom is -0.412 e. The second kappa shape index (κ2) is 7.91. The first kappa shape index (κ1) is 19.7. The summed E-state index contributed by atoms with van der Waals surface area (Å²) in [5, 5.41) is 10.4. The molecule has 1 heterocycles. The molecule has 28 heavy (non-hydrogen) atoms. The third-order valence-corrected chi connectivity index (χ3v) is 5.86. The number of aromatic nitrogens is 2. The van der Waals surface area contributed by atoms with E-state index in [-0.39, 0.29) is 16.7 Å². The molecule has 8 nitrogen and oxygen atoms in total.